The van der Waals surface area contributed by atoms with Crippen molar-refractivity contribution in [2.45, 2.75) is 26.4 Å². The first kappa shape index (κ1) is 12.4. The molecule has 0 bridgehead atoms. The zero-order chi connectivity index (χ0) is 13.3. The Kier molecular flexibility index (Phi) is 2.98. The molecule has 18 heavy (non-hydrogen) atoms. The average molecular weight is 247 g/mol. The molecule has 0 fully saturated rings. The lowest BCUT2D eigenvalue weighted by molar-refractivity contribution is 0.00696. The molecule has 0 radical (unpaired) electrons. The molecule has 2 aromatic heterocycles. The molecule has 2 rings (SSSR count). The molecule has 0 aliphatic heterocycles. The van der Waals surface area contributed by atoms with Gasteiger partial charge in [-0.1, -0.05) is 0 Å². The van der Waals surface area contributed by atoms with Crippen molar-refractivity contribution in [1.29, 1.82) is 0 Å². The number of hydrogen-bond acceptors (Lipinski definition) is 3. The zero-order valence-corrected chi connectivity index (χ0v) is 11.0. The number of aromatic nitrogens is 3. The maximum absolute atomic E-state index is 12.1. The normalized spacial score (nSPS) is 11.6. The van der Waals surface area contributed by atoms with Crippen molar-refractivity contribution in [2.75, 3.05) is 0 Å². The van der Waals surface area contributed by atoms with E-state index < -0.39 is 5.60 Å². The van der Waals surface area contributed by atoms with E-state index in [1.807, 2.05) is 49.9 Å². The third kappa shape index (κ3) is 2.45. The number of carbonyl (C=O) groups excluding carboxylic acids is 1. The smallest absolute Gasteiger partial charge is 0.344 e. The van der Waals surface area contributed by atoms with Gasteiger partial charge < -0.3 is 9.30 Å². The van der Waals surface area contributed by atoms with Gasteiger partial charge in [-0.25, -0.2) is 4.79 Å². The van der Waals surface area contributed by atoms with Gasteiger partial charge in [0.05, 0.1) is 6.20 Å². The van der Waals surface area contributed by atoms with Gasteiger partial charge in [0.1, 0.15) is 17.0 Å². The van der Waals surface area contributed by atoms with Crippen LogP contribution in [0.2, 0.25) is 0 Å². The summed E-state index contributed by atoms with van der Waals surface area (Å²) in [5, 5.41) is 4.12. The van der Waals surface area contributed by atoms with Gasteiger partial charge in [0.15, 0.2) is 0 Å². The monoisotopic (exact) mass is 247 g/mol. The van der Waals surface area contributed by atoms with Gasteiger partial charge in [-0.3, -0.25) is 4.68 Å². The Balaban J connectivity index is 2.38. The largest absolute Gasteiger partial charge is 0.456 e. The Morgan fingerprint density at radius 2 is 1.89 bits per heavy atom. The van der Waals surface area contributed by atoms with E-state index in [4.69, 9.17) is 4.74 Å². The van der Waals surface area contributed by atoms with Crippen molar-refractivity contribution in [3.05, 3.63) is 36.3 Å². The highest BCUT2D eigenvalue weighted by Gasteiger charge is 2.23. The Morgan fingerprint density at radius 1 is 1.28 bits per heavy atom. The fourth-order valence-electron chi connectivity index (χ4n) is 1.69. The van der Waals surface area contributed by atoms with E-state index in [0.29, 0.717) is 11.4 Å². The number of esters is 1. The molecule has 5 nitrogen and oxygen atoms in total. The molecule has 0 N–H and O–H groups in total. The molecule has 0 aromatic carbocycles. The van der Waals surface area contributed by atoms with Crippen molar-refractivity contribution in [1.82, 2.24) is 14.3 Å². The summed E-state index contributed by atoms with van der Waals surface area (Å²) < 4.78 is 8.86. The molecule has 2 heterocycles. The van der Waals surface area contributed by atoms with Crippen molar-refractivity contribution in [3.8, 4) is 5.82 Å². The number of aryl methyl sites for hydroxylation is 1. The highest BCUT2D eigenvalue weighted by Crippen LogP contribution is 2.18. The van der Waals surface area contributed by atoms with Crippen LogP contribution < -0.4 is 0 Å². The number of hydrogen-bond donors (Lipinski definition) is 0. The topological polar surface area (TPSA) is 49.1 Å². The van der Waals surface area contributed by atoms with Gasteiger partial charge >= 0.3 is 5.97 Å². The van der Waals surface area contributed by atoms with E-state index in [1.54, 1.807) is 11.7 Å². The van der Waals surface area contributed by atoms with Crippen molar-refractivity contribution >= 4 is 5.97 Å². The van der Waals surface area contributed by atoms with E-state index in [9.17, 15) is 4.79 Å². The van der Waals surface area contributed by atoms with Gasteiger partial charge in [0.25, 0.3) is 0 Å². The van der Waals surface area contributed by atoms with E-state index in [-0.39, 0.29) is 5.97 Å². The second-order valence-electron chi connectivity index (χ2n) is 5.10. The van der Waals surface area contributed by atoms with Gasteiger partial charge in [-0.15, -0.1) is 0 Å². The molecule has 0 atom stereocenters. The zero-order valence-electron chi connectivity index (χ0n) is 11.0. The lowest BCUT2D eigenvalue weighted by atomic mass is 10.2. The van der Waals surface area contributed by atoms with Crippen LogP contribution in [0.15, 0.2) is 30.7 Å². The van der Waals surface area contributed by atoms with Gasteiger partial charge in [-0.05, 0) is 32.9 Å². The van der Waals surface area contributed by atoms with Crippen LogP contribution in [0.5, 0.6) is 0 Å². The SMILES string of the molecule is Cn1ncc(C(=O)OC(C)(C)C)c1-n1cccc1. The third-order valence-electron chi connectivity index (χ3n) is 2.38. The minimum atomic E-state index is -0.513. The summed E-state index contributed by atoms with van der Waals surface area (Å²) in [4.78, 5) is 12.1. The van der Waals surface area contributed by atoms with Crippen LogP contribution >= 0.6 is 0 Å². The lowest BCUT2D eigenvalue weighted by Gasteiger charge is -2.19. The fraction of sp³-hybridized carbons (Fsp3) is 0.385. The second-order valence-corrected chi connectivity index (χ2v) is 5.10. The minimum Gasteiger partial charge on any atom is -0.456 e. The molecule has 2 aromatic rings. The maximum Gasteiger partial charge on any atom is 0.344 e. The van der Waals surface area contributed by atoms with Crippen LogP contribution in [0.3, 0.4) is 0 Å². The minimum absolute atomic E-state index is 0.362. The number of carbonyl (C=O) groups is 1. The van der Waals surface area contributed by atoms with Crippen molar-refractivity contribution in [2.24, 2.45) is 7.05 Å². The molecule has 0 saturated carbocycles. The van der Waals surface area contributed by atoms with Gasteiger partial charge in [-0.2, -0.15) is 5.10 Å². The van der Waals surface area contributed by atoms with Crippen molar-refractivity contribution < 1.29 is 9.53 Å². The van der Waals surface area contributed by atoms with Gasteiger partial charge in [0, 0.05) is 19.4 Å². The van der Waals surface area contributed by atoms with E-state index in [0.717, 1.165) is 0 Å². The highest BCUT2D eigenvalue weighted by atomic mass is 16.6. The first-order chi connectivity index (χ1) is 8.38. The molecule has 0 aliphatic carbocycles. The Bertz CT molecular complexity index is 547. The molecule has 0 amide bonds. The van der Waals surface area contributed by atoms with Crippen LogP contribution in [0, 0.1) is 0 Å². The lowest BCUT2D eigenvalue weighted by Crippen LogP contribution is -2.24. The summed E-state index contributed by atoms with van der Waals surface area (Å²) in [6.45, 7) is 5.53. The third-order valence-corrected chi connectivity index (χ3v) is 2.38. The van der Waals surface area contributed by atoms with Crippen LogP contribution in [0.25, 0.3) is 5.82 Å². The molecule has 96 valence electrons. The molecular formula is C13H17N3O2. The van der Waals surface area contributed by atoms with Gasteiger partial charge in [0.2, 0.25) is 0 Å². The summed E-state index contributed by atoms with van der Waals surface area (Å²) in [6.07, 6.45) is 5.26. The Labute approximate surface area is 106 Å². The summed E-state index contributed by atoms with van der Waals surface area (Å²) >= 11 is 0. The molecule has 0 saturated heterocycles. The summed E-state index contributed by atoms with van der Waals surface area (Å²) in [7, 11) is 1.79. The van der Waals surface area contributed by atoms with Crippen molar-refractivity contribution in [3.63, 3.8) is 0 Å². The highest BCUT2D eigenvalue weighted by molar-refractivity contribution is 5.92. The summed E-state index contributed by atoms with van der Waals surface area (Å²) in [5.74, 6) is 0.341. The molecule has 5 heteroatoms. The standard InChI is InChI=1S/C13H17N3O2/c1-13(2,3)18-12(17)10-9-14-15(4)11(10)16-7-5-6-8-16/h5-9H,1-4H3. The summed E-state index contributed by atoms with van der Waals surface area (Å²) in [6, 6.07) is 3.79. The molecule has 0 unspecified atom stereocenters. The van der Waals surface area contributed by atoms with Crippen LogP contribution in [-0.2, 0) is 11.8 Å². The predicted molar refractivity (Wildman–Crippen MR) is 67.7 cm³/mol. The molecular weight excluding hydrogens is 230 g/mol. The Hall–Kier alpha value is -2.04. The van der Waals surface area contributed by atoms with Crippen LogP contribution in [0.1, 0.15) is 31.1 Å². The number of rotatable bonds is 2. The van der Waals surface area contributed by atoms with Crippen LogP contribution in [-0.4, -0.2) is 25.9 Å². The number of nitrogens with zero attached hydrogens (tertiary/aromatic N) is 3. The van der Waals surface area contributed by atoms with Crippen LogP contribution in [0.4, 0.5) is 0 Å². The number of ether oxygens (including phenoxy) is 1. The Morgan fingerprint density at radius 3 is 2.44 bits per heavy atom. The fourth-order valence-corrected chi connectivity index (χ4v) is 1.69. The first-order valence-corrected chi connectivity index (χ1v) is 5.77. The quantitative estimate of drug-likeness (QED) is 0.764. The molecule has 0 spiro atoms. The second kappa shape index (κ2) is 4.33. The maximum atomic E-state index is 12.1. The van der Waals surface area contributed by atoms with E-state index in [2.05, 4.69) is 5.10 Å². The molecule has 0 aliphatic rings. The van der Waals surface area contributed by atoms with E-state index in [1.165, 1.54) is 6.20 Å². The predicted octanol–water partition coefficient (Wildman–Crippen LogP) is 2.17. The first-order valence-electron chi connectivity index (χ1n) is 5.77. The van der Waals surface area contributed by atoms with E-state index >= 15 is 0 Å². The summed E-state index contributed by atoms with van der Waals surface area (Å²) in [5.41, 5.74) is -0.0513. The average Bonchev–Trinajstić information content (AvgIpc) is 2.82.